The summed E-state index contributed by atoms with van der Waals surface area (Å²) < 4.78 is 5.95. The van der Waals surface area contributed by atoms with E-state index in [4.69, 9.17) is 4.74 Å². The molecule has 4 heteroatoms. The van der Waals surface area contributed by atoms with Crippen LogP contribution in [0.1, 0.15) is 113 Å². The summed E-state index contributed by atoms with van der Waals surface area (Å²) in [6.45, 7) is 16.9. The van der Waals surface area contributed by atoms with Gasteiger partial charge >= 0.3 is 0 Å². The fourth-order valence-corrected chi connectivity index (χ4v) is 10.8. The van der Waals surface area contributed by atoms with Gasteiger partial charge in [-0.1, -0.05) is 48.5 Å². The highest BCUT2D eigenvalue weighted by Gasteiger charge is 2.72. The van der Waals surface area contributed by atoms with Crippen molar-refractivity contribution in [3.8, 4) is 0 Å². The van der Waals surface area contributed by atoms with Crippen molar-refractivity contribution in [3.05, 3.63) is 0 Å². The molecule has 0 aromatic rings. The van der Waals surface area contributed by atoms with Crippen molar-refractivity contribution < 1.29 is 19.1 Å². The van der Waals surface area contributed by atoms with Crippen molar-refractivity contribution in [2.45, 2.75) is 118 Å². The van der Waals surface area contributed by atoms with Crippen LogP contribution in [-0.4, -0.2) is 23.6 Å². The van der Waals surface area contributed by atoms with Gasteiger partial charge in [0.1, 0.15) is 17.2 Å². The average molecular weight is 471 g/mol. The van der Waals surface area contributed by atoms with Gasteiger partial charge in [0.05, 0.1) is 0 Å². The zero-order chi connectivity index (χ0) is 24.9. The minimum absolute atomic E-state index is 0.0215. The van der Waals surface area contributed by atoms with E-state index in [0.29, 0.717) is 42.7 Å². The van der Waals surface area contributed by atoms with E-state index in [1.54, 1.807) is 0 Å². The first-order valence-electron chi connectivity index (χ1n) is 13.8. The third kappa shape index (κ3) is 2.92. The predicted molar refractivity (Wildman–Crippen MR) is 132 cm³/mol. The Balaban J connectivity index is 1.59. The summed E-state index contributed by atoms with van der Waals surface area (Å²) in [7, 11) is 0. The highest BCUT2D eigenvalue weighted by Crippen LogP contribution is 2.75. The third-order valence-corrected chi connectivity index (χ3v) is 13.0. The van der Waals surface area contributed by atoms with E-state index in [2.05, 4.69) is 48.5 Å². The number of Topliss-reactive ketones (excluding diaryl/α,β-unsaturated/α-hetero) is 2. The van der Waals surface area contributed by atoms with E-state index in [9.17, 15) is 14.4 Å². The van der Waals surface area contributed by atoms with E-state index >= 15 is 0 Å². The summed E-state index contributed by atoms with van der Waals surface area (Å²) >= 11 is 0. The molecule has 8 atom stereocenters. The van der Waals surface area contributed by atoms with Gasteiger partial charge in [-0.3, -0.25) is 14.4 Å². The lowest BCUT2D eigenvalue weighted by Gasteiger charge is -2.72. The maximum Gasteiger partial charge on any atom is 0.293 e. The monoisotopic (exact) mass is 470 g/mol. The van der Waals surface area contributed by atoms with Crippen molar-refractivity contribution in [1.82, 2.24) is 0 Å². The lowest BCUT2D eigenvalue weighted by Crippen LogP contribution is -2.70. The molecule has 5 aliphatic rings. The molecule has 0 spiro atoms. The molecule has 0 N–H and O–H groups in total. The van der Waals surface area contributed by atoms with Gasteiger partial charge in [-0.15, -0.1) is 0 Å². The molecule has 1 unspecified atom stereocenters. The molecule has 0 bridgehead atoms. The quantitative estimate of drug-likeness (QED) is 0.430. The second kappa shape index (κ2) is 7.19. The van der Waals surface area contributed by atoms with E-state index in [1.165, 1.54) is 0 Å². The fourth-order valence-electron chi connectivity index (χ4n) is 10.8. The van der Waals surface area contributed by atoms with Crippen molar-refractivity contribution >= 4 is 18.0 Å². The molecule has 0 amide bonds. The lowest BCUT2D eigenvalue weighted by molar-refractivity contribution is -0.248. The van der Waals surface area contributed by atoms with Crippen LogP contribution in [0, 0.1) is 50.7 Å². The smallest absolute Gasteiger partial charge is 0.293 e. The summed E-state index contributed by atoms with van der Waals surface area (Å²) in [5, 5.41) is 0. The number of ketones is 2. The van der Waals surface area contributed by atoms with Crippen molar-refractivity contribution in [2.75, 3.05) is 0 Å². The van der Waals surface area contributed by atoms with Gasteiger partial charge in [0.2, 0.25) is 0 Å². The number of hydrogen-bond donors (Lipinski definition) is 0. The SMILES string of the molecule is CC1(C)CC[C@]2(OC=O)CC[C@]3(C)C(C(=O)C[C@@H]4[C@@]5(C)CCC(=O)C(C)(C)[C@@H]5CC[C@]43C)[C@H]2C1. The second-order valence-corrected chi connectivity index (χ2v) is 15.0. The first kappa shape index (κ1) is 24.5. The molecule has 0 aromatic heterocycles. The molecular weight excluding hydrogens is 424 g/mol. The van der Waals surface area contributed by atoms with Crippen molar-refractivity contribution in [2.24, 2.45) is 50.7 Å². The first-order chi connectivity index (χ1) is 15.7. The molecule has 5 fully saturated rings. The van der Waals surface area contributed by atoms with E-state index in [0.717, 1.165) is 51.4 Å². The Morgan fingerprint density at radius 3 is 2.18 bits per heavy atom. The third-order valence-electron chi connectivity index (χ3n) is 13.0. The molecule has 0 aromatic carbocycles. The minimum Gasteiger partial charge on any atom is -0.461 e. The molecule has 5 saturated carbocycles. The first-order valence-corrected chi connectivity index (χ1v) is 13.8. The highest BCUT2D eigenvalue weighted by molar-refractivity contribution is 5.86. The minimum atomic E-state index is -0.472. The Morgan fingerprint density at radius 1 is 0.824 bits per heavy atom. The van der Waals surface area contributed by atoms with Crippen molar-refractivity contribution in [3.63, 3.8) is 0 Å². The maximum absolute atomic E-state index is 14.3. The number of fused-ring (bicyclic) bond motifs is 7. The topological polar surface area (TPSA) is 60.4 Å². The molecule has 5 rings (SSSR count). The predicted octanol–water partition coefficient (Wildman–Crippen LogP) is 6.54. The fraction of sp³-hybridized carbons (Fsp3) is 0.900. The molecule has 34 heavy (non-hydrogen) atoms. The second-order valence-electron chi connectivity index (χ2n) is 15.0. The van der Waals surface area contributed by atoms with Crippen LogP contribution in [0.2, 0.25) is 0 Å². The van der Waals surface area contributed by atoms with Gasteiger partial charge in [0.25, 0.3) is 6.47 Å². The van der Waals surface area contributed by atoms with Crippen LogP contribution in [0.4, 0.5) is 0 Å². The highest BCUT2D eigenvalue weighted by atomic mass is 16.5. The van der Waals surface area contributed by atoms with E-state index < -0.39 is 5.60 Å². The Hall–Kier alpha value is -1.19. The van der Waals surface area contributed by atoms with Crippen molar-refractivity contribution in [1.29, 1.82) is 0 Å². The van der Waals surface area contributed by atoms with Gasteiger partial charge in [-0.05, 0) is 84.9 Å². The maximum atomic E-state index is 14.3. The zero-order valence-electron chi connectivity index (χ0n) is 22.6. The molecule has 190 valence electrons. The molecule has 0 heterocycles. The van der Waals surface area contributed by atoms with Crippen LogP contribution in [0.25, 0.3) is 0 Å². The van der Waals surface area contributed by atoms with Crippen LogP contribution < -0.4 is 0 Å². The molecule has 5 aliphatic carbocycles. The number of rotatable bonds is 2. The van der Waals surface area contributed by atoms with Crippen LogP contribution in [0.3, 0.4) is 0 Å². The van der Waals surface area contributed by atoms with Gasteiger partial charge in [0.15, 0.2) is 0 Å². The van der Waals surface area contributed by atoms with Gasteiger partial charge in [0, 0.05) is 30.1 Å². The summed E-state index contributed by atoms with van der Waals surface area (Å²) in [4.78, 5) is 38.8. The van der Waals surface area contributed by atoms with Crippen LogP contribution in [-0.2, 0) is 19.1 Å². The van der Waals surface area contributed by atoms with Crippen LogP contribution >= 0.6 is 0 Å². The summed E-state index contributed by atoms with van der Waals surface area (Å²) in [5.74, 6) is 1.55. The normalized spacial score (nSPS) is 51.4. The summed E-state index contributed by atoms with van der Waals surface area (Å²) in [6.07, 6.45) is 9.05. The zero-order valence-corrected chi connectivity index (χ0v) is 22.6. The lowest BCUT2D eigenvalue weighted by atomic mass is 9.32. The average Bonchev–Trinajstić information content (AvgIpc) is 2.74. The molecule has 4 nitrogen and oxygen atoms in total. The summed E-state index contributed by atoms with van der Waals surface area (Å²) in [5.41, 5.74) is -0.632. The molecular formula is C30H46O4. The van der Waals surface area contributed by atoms with E-state index in [1.807, 2.05) is 0 Å². The molecule has 0 saturated heterocycles. The van der Waals surface area contributed by atoms with Gasteiger partial charge < -0.3 is 4.74 Å². The number of ether oxygens (including phenoxy) is 1. The van der Waals surface area contributed by atoms with Crippen LogP contribution in [0.15, 0.2) is 0 Å². The van der Waals surface area contributed by atoms with Gasteiger partial charge in [-0.25, -0.2) is 0 Å². The largest absolute Gasteiger partial charge is 0.461 e. The van der Waals surface area contributed by atoms with Gasteiger partial charge in [-0.2, -0.15) is 0 Å². The van der Waals surface area contributed by atoms with Crippen LogP contribution in [0.5, 0.6) is 0 Å². The number of carbonyl (C=O) groups is 3. The Labute approximate surface area is 206 Å². The standard InChI is InChI=1S/C30H46O4/c1-25(2)12-14-30(34-18-31)15-13-29(7)24(19(30)17-25)20(32)16-22-27(5)10-9-23(33)26(3,4)21(27)8-11-28(22,29)6/h18-19,21-22,24H,8-17H2,1-7H3/t19-,21+,22-,24?,27+,28-,29-,30+/m1/s1. The molecule has 0 radical (unpaired) electrons. The number of carbonyl (C=O) groups excluding carboxylic acids is 3. The van der Waals surface area contributed by atoms with E-state index in [-0.39, 0.29) is 38.9 Å². The molecule has 0 aliphatic heterocycles. The number of hydrogen-bond acceptors (Lipinski definition) is 4. The Morgan fingerprint density at radius 2 is 1.50 bits per heavy atom. The Kier molecular flexibility index (Phi) is 5.18. The summed E-state index contributed by atoms with van der Waals surface area (Å²) in [6, 6.07) is 0. The Bertz CT molecular complexity index is 919.